The van der Waals surface area contributed by atoms with E-state index >= 15 is 0 Å². The Balaban J connectivity index is 2.52. The monoisotopic (exact) mass is 237 g/mol. The summed E-state index contributed by atoms with van der Waals surface area (Å²) in [5.74, 6) is 0. The van der Waals surface area contributed by atoms with E-state index in [-0.39, 0.29) is 5.41 Å². The Bertz CT molecular complexity index is 523. The maximum atomic E-state index is 6.16. The van der Waals surface area contributed by atoms with Gasteiger partial charge < -0.3 is 0 Å². The van der Waals surface area contributed by atoms with Crippen molar-refractivity contribution < 1.29 is 0 Å². The quantitative estimate of drug-likeness (QED) is 0.713. The lowest BCUT2D eigenvalue weighted by Gasteiger charge is -2.17. The lowest BCUT2D eigenvalue weighted by Crippen LogP contribution is -2.11. The molecular weight excluding hydrogens is 222 g/mol. The minimum atomic E-state index is 0.211. The molecule has 2 heterocycles. The van der Waals surface area contributed by atoms with Gasteiger partial charge in [-0.15, -0.1) is 0 Å². The van der Waals surface area contributed by atoms with Gasteiger partial charge >= 0.3 is 0 Å². The highest BCUT2D eigenvalue weighted by Gasteiger charge is 2.15. The predicted molar refractivity (Wildman–Crippen MR) is 65.9 cm³/mol. The van der Waals surface area contributed by atoms with E-state index in [1.54, 1.807) is 10.7 Å². The molecule has 0 N–H and O–H groups in total. The molecule has 4 heteroatoms. The molecule has 2 aromatic rings. The van der Waals surface area contributed by atoms with Crippen LogP contribution in [-0.4, -0.2) is 14.6 Å². The lowest BCUT2D eigenvalue weighted by atomic mass is 9.90. The molecule has 2 rings (SSSR count). The smallest absolute Gasteiger partial charge is 0.159 e. The van der Waals surface area contributed by atoms with Gasteiger partial charge in [0, 0.05) is 11.3 Å². The maximum absolute atomic E-state index is 6.16. The van der Waals surface area contributed by atoms with Crippen LogP contribution in [-0.2, 0) is 6.42 Å². The third-order valence-electron chi connectivity index (χ3n) is 2.37. The van der Waals surface area contributed by atoms with Gasteiger partial charge in [0.1, 0.15) is 5.15 Å². The van der Waals surface area contributed by atoms with Crippen LogP contribution in [0, 0.1) is 12.3 Å². The highest BCUT2D eigenvalue weighted by Crippen LogP contribution is 2.22. The molecule has 0 unspecified atom stereocenters. The molecule has 86 valence electrons. The van der Waals surface area contributed by atoms with E-state index in [4.69, 9.17) is 11.6 Å². The van der Waals surface area contributed by atoms with Crippen molar-refractivity contribution in [1.82, 2.24) is 14.6 Å². The standard InChI is InChI=1S/C12H16ClN3/c1-8-7-14-16-10(13)5-9(15-11(8)16)6-12(2,3)4/h5,7H,6H2,1-4H3. The molecule has 2 aromatic heterocycles. The SMILES string of the molecule is Cc1cnn2c(Cl)cc(CC(C)(C)C)nc12. The third-order valence-corrected chi connectivity index (χ3v) is 2.64. The number of rotatable bonds is 1. The summed E-state index contributed by atoms with van der Waals surface area (Å²) in [5.41, 5.74) is 3.14. The maximum Gasteiger partial charge on any atom is 0.159 e. The number of halogens is 1. The van der Waals surface area contributed by atoms with Crippen LogP contribution < -0.4 is 0 Å². The van der Waals surface area contributed by atoms with Crippen LogP contribution in [0.3, 0.4) is 0 Å². The van der Waals surface area contributed by atoms with Crippen molar-refractivity contribution in [3.63, 3.8) is 0 Å². The van der Waals surface area contributed by atoms with Crippen LogP contribution in [0.5, 0.6) is 0 Å². The molecule has 0 bridgehead atoms. The molecule has 0 fully saturated rings. The van der Waals surface area contributed by atoms with Gasteiger partial charge in [-0.1, -0.05) is 32.4 Å². The molecule has 0 amide bonds. The predicted octanol–water partition coefficient (Wildman–Crippen LogP) is 3.28. The third kappa shape index (κ3) is 2.19. The molecule has 0 aliphatic heterocycles. The van der Waals surface area contributed by atoms with Crippen molar-refractivity contribution in [3.8, 4) is 0 Å². The summed E-state index contributed by atoms with van der Waals surface area (Å²) in [6, 6.07) is 1.90. The summed E-state index contributed by atoms with van der Waals surface area (Å²) in [7, 11) is 0. The van der Waals surface area contributed by atoms with Gasteiger partial charge in [-0.05, 0) is 24.8 Å². The molecule has 16 heavy (non-hydrogen) atoms. The summed E-state index contributed by atoms with van der Waals surface area (Å²) in [5, 5.41) is 4.80. The van der Waals surface area contributed by atoms with Crippen molar-refractivity contribution in [2.45, 2.75) is 34.1 Å². The Morgan fingerprint density at radius 2 is 2.06 bits per heavy atom. The van der Waals surface area contributed by atoms with E-state index in [1.807, 2.05) is 13.0 Å². The van der Waals surface area contributed by atoms with Crippen LogP contribution in [0.25, 0.3) is 5.65 Å². The van der Waals surface area contributed by atoms with Crippen LogP contribution in [0.4, 0.5) is 0 Å². The Morgan fingerprint density at radius 1 is 1.38 bits per heavy atom. The Hall–Kier alpha value is -1.09. The first-order valence-electron chi connectivity index (χ1n) is 5.36. The second-order valence-electron chi connectivity index (χ2n) is 5.37. The fourth-order valence-electron chi connectivity index (χ4n) is 1.72. The average Bonchev–Trinajstić information content (AvgIpc) is 2.45. The molecule has 0 aliphatic rings. The zero-order valence-corrected chi connectivity index (χ0v) is 10.8. The molecule has 0 saturated heterocycles. The molecule has 0 saturated carbocycles. The van der Waals surface area contributed by atoms with E-state index in [9.17, 15) is 0 Å². The summed E-state index contributed by atoms with van der Waals surface area (Å²) in [6.45, 7) is 8.56. The first-order chi connectivity index (χ1) is 7.37. The van der Waals surface area contributed by atoms with Crippen LogP contribution >= 0.6 is 11.6 Å². The Labute approximate surface area is 100 Å². The van der Waals surface area contributed by atoms with E-state index in [1.165, 1.54) is 0 Å². The van der Waals surface area contributed by atoms with Crippen LogP contribution in [0.2, 0.25) is 5.15 Å². The minimum absolute atomic E-state index is 0.211. The Kier molecular flexibility index (Phi) is 2.66. The van der Waals surface area contributed by atoms with Crippen molar-refractivity contribution in [2.75, 3.05) is 0 Å². The van der Waals surface area contributed by atoms with Crippen molar-refractivity contribution in [3.05, 3.63) is 28.7 Å². The lowest BCUT2D eigenvalue weighted by molar-refractivity contribution is 0.406. The first-order valence-corrected chi connectivity index (χ1v) is 5.74. The second kappa shape index (κ2) is 3.74. The molecule has 0 aromatic carbocycles. The average molecular weight is 238 g/mol. The van der Waals surface area contributed by atoms with E-state index in [0.29, 0.717) is 5.15 Å². The highest BCUT2D eigenvalue weighted by atomic mass is 35.5. The van der Waals surface area contributed by atoms with Gasteiger partial charge in [0.05, 0.1) is 6.20 Å². The largest absolute Gasteiger partial charge is 0.233 e. The fraction of sp³-hybridized carbons (Fsp3) is 0.500. The van der Waals surface area contributed by atoms with Crippen molar-refractivity contribution in [2.24, 2.45) is 5.41 Å². The van der Waals surface area contributed by atoms with Gasteiger partial charge in [-0.2, -0.15) is 5.10 Å². The van der Waals surface area contributed by atoms with Crippen molar-refractivity contribution >= 4 is 17.2 Å². The summed E-state index contributed by atoms with van der Waals surface area (Å²) >= 11 is 6.16. The molecule has 0 radical (unpaired) electrons. The number of hydrogen-bond acceptors (Lipinski definition) is 2. The molecular formula is C12H16ClN3. The van der Waals surface area contributed by atoms with Gasteiger partial charge in [0.25, 0.3) is 0 Å². The van der Waals surface area contributed by atoms with Gasteiger partial charge in [-0.25, -0.2) is 9.50 Å². The minimum Gasteiger partial charge on any atom is -0.233 e. The van der Waals surface area contributed by atoms with E-state index in [2.05, 4.69) is 30.9 Å². The zero-order chi connectivity index (χ0) is 11.9. The van der Waals surface area contributed by atoms with E-state index < -0.39 is 0 Å². The zero-order valence-electron chi connectivity index (χ0n) is 10.1. The molecule has 3 nitrogen and oxygen atoms in total. The summed E-state index contributed by atoms with van der Waals surface area (Å²) < 4.78 is 1.67. The summed E-state index contributed by atoms with van der Waals surface area (Å²) in [6.07, 6.45) is 2.70. The highest BCUT2D eigenvalue weighted by molar-refractivity contribution is 6.29. The van der Waals surface area contributed by atoms with Crippen LogP contribution in [0.15, 0.2) is 12.3 Å². The van der Waals surface area contributed by atoms with Crippen molar-refractivity contribution in [1.29, 1.82) is 0 Å². The van der Waals surface area contributed by atoms with Gasteiger partial charge in [-0.3, -0.25) is 0 Å². The van der Waals surface area contributed by atoms with Crippen LogP contribution in [0.1, 0.15) is 32.0 Å². The van der Waals surface area contributed by atoms with E-state index in [0.717, 1.165) is 23.3 Å². The summed E-state index contributed by atoms with van der Waals surface area (Å²) in [4.78, 5) is 4.60. The van der Waals surface area contributed by atoms with Gasteiger partial charge in [0.15, 0.2) is 5.65 Å². The number of fused-ring (bicyclic) bond motifs is 1. The number of nitrogens with zero attached hydrogens (tertiary/aromatic N) is 3. The first kappa shape index (κ1) is 11.4. The fourth-order valence-corrected chi connectivity index (χ4v) is 1.97. The number of aryl methyl sites for hydroxylation is 1. The topological polar surface area (TPSA) is 30.2 Å². The second-order valence-corrected chi connectivity index (χ2v) is 5.76. The molecule has 0 aliphatic carbocycles. The number of hydrogen-bond donors (Lipinski definition) is 0. The number of aromatic nitrogens is 3. The Morgan fingerprint density at radius 3 is 2.69 bits per heavy atom. The molecule has 0 spiro atoms. The molecule has 0 atom stereocenters. The normalized spacial score (nSPS) is 12.3. The van der Waals surface area contributed by atoms with Gasteiger partial charge in [0.2, 0.25) is 0 Å².